The first-order valence-electron chi connectivity index (χ1n) is 9.11. The molecule has 0 spiro atoms. The smallest absolute Gasteiger partial charge is 0.336 e. The Morgan fingerprint density at radius 3 is 2.55 bits per heavy atom. The lowest BCUT2D eigenvalue weighted by Gasteiger charge is -2.13. The fourth-order valence-corrected chi connectivity index (χ4v) is 3.31. The van der Waals surface area contributed by atoms with E-state index in [9.17, 15) is 9.59 Å². The molecular formula is C24H18O5. The largest absolute Gasteiger partial charge is 0.488 e. The second-order valence-corrected chi connectivity index (χ2v) is 6.70. The van der Waals surface area contributed by atoms with Gasteiger partial charge in [-0.1, -0.05) is 42.5 Å². The number of carboxylic acid groups (broad SMARTS) is 1. The molecule has 0 bridgehead atoms. The Kier molecular flexibility index (Phi) is 4.87. The van der Waals surface area contributed by atoms with Gasteiger partial charge >= 0.3 is 11.6 Å². The zero-order valence-electron chi connectivity index (χ0n) is 15.7. The van der Waals surface area contributed by atoms with E-state index in [-0.39, 0.29) is 12.2 Å². The summed E-state index contributed by atoms with van der Waals surface area (Å²) in [5.74, 6) is -0.407. The third kappa shape index (κ3) is 3.75. The predicted molar refractivity (Wildman–Crippen MR) is 110 cm³/mol. The van der Waals surface area contributed by atoms with Crippen molar-refractivity contribution in [1.82, 2.24) is 0 Å². The Morgan fingerprint density at radius 2 is 1.79 bits per heavy atom. The Morgan fingerprint density at radius 1 is 1.00 bits per heavy atom. The number of hydrogen-bond donors (Lipinski definition) is 1. The van der Waals surface area contributed by atoms with Crippen LogP contribution >= 0.6 is 0 Å². The highest BCUT2D eigenvalue weighted by Gasteiger charge is 2.13. The van der Waals surface area contributed by atoms with Crippen molar-refractivity contribution in [3.8, 4) is 16.9 Å². The quantitative estimate of drug-likeness (QED) is 0.486. The highest BCUT2D eigenvalue weighted by Crippen LogP contribution is 2.33. The number of fused-ring (bicyclic) bond motifs is 1. The maximum absolute atomic E-state index is 12.2. The summed E-state index contributed by atoms with van der Waals surface area (Å²) in [5.41, 5.74) is 3.46. The van der Waals surface area contributed by atoms with Crippen LogP contribution in [0.4, 0.5) is 0 Å². The minimum atomic E-state index is -0.982. The van der Waals surface area contributed by atoms with Crippen molar-refractivity contribution in [3.05, 3.63) is 99.9 Å². The van der Waals surface area contributed by atoms with Gasteiger partial charge < -0.3 is 14.3 Å². The zero-order valence-corrected chi connectivity index (χ0v) is 15.7. The van der Waals surface area contributed by atoms with Gasteiger partial charge in [0, 0.05) is 17.0 Å². The summed E-state index contributed by atoms with van der Waals surface area (Å²) in [6, 6.07) is 21.5. The zero-order chi connectivity index (χ0) is 20.4. The Balaban J connectivity index is 1.71. The van der Waals surface area contributed by atoms with Crippen LogP contribution < -0.4 is 10.4 Å². The van der Waals surface area contributed by atoms with Gasteiger partial charge in [-0.2, -0.15) is 0 Å². The molecule has 0 fully saturated rings. The highest BCUT2D eigenvalue weighted by molar-refractivity contribution is 5.95. The fraction of sp³-hybridized carbons (Fsp3) is 0.0833. The normalized spacial score (nSPS) is 10.8. The summed E-state index contributed by atoms with van der Waals surface area (Å²) < 4.78 is 11.4. The SMILES string of the molecule is Cc1c(OCc2cccc(C(=O)O)c2)ccc2c(-c3ccccc3)cc(=O)oc12. The summed E-state index contributed by atoms with van der Waals surface area (Å²) in [6.07, 6.45) is 0. The van der Waals surface area contributed by atoms with E-state index in [0.717, 1.165) is 22.1 Å². The monoisotopic (exact) mass is 386 g/mol. The van der Waals surface area contributed by atoms with Gasteiger partial charge in [0.25, 0.3) is 0 Å². The summed E-state index contributed by atoms with van der Waals surface area (Å²) in [7, 11) is 0. The molecule has 0 saturated heterocycles. The molecule has 3 aromatic carbocycles. The molecule has 5 nitrogen and oxygen atoms in total. The average Bonchev–Trinajstić information content (AvgIpc) is 2.74. The number of carboxylic acids is 1. The lowest BCUT2D eigenvalue weighted by molar-refractivity contribution is 0.0696. The molecule has 1 aromatic heterocycles. The van der Waals surface area contributed by atoms with E-state index in [1.54, 1.807) is 18.2 Å². The van der Waals surface area contributed by atoms with Gasteiger partial charge in [-0.05, 0) is 47.9 Å². The number of carbonyl (C=O) groups is 1. The van der Waals surface area contributed by atoms with Crippen LogP contribution in [0.1, 0.15) is 21.5 Å². The third-order valence-electron chi connectivity index (χ3n) is 4.76. The predicted octanol–water partition coefficient (Wildman–Crippen LogP) is 5.05. The molecule has 0 atom stereocenters. The second-order valence-electron chi connectivity index (χ2n) is 6.70. The first-order valence-corrected chi connectivity index (χ1v) is 9.11. The van der Waals surface area contributed by atoms with Gasteiger partial charge in [0.15, 0.2) is 0 Å². The van der Waals surface area contributed by atoms with Gasteiger partial charge in [-0.15, -0.1) is 0 Å². The minimum Gasteiger partial charge on any atom is -0.488 e. The fourth-order valence-electron chi connectivity index (χ4n) is 3.31. The average molecular weight is 386 g/mol. The third-order valence-corrected chi connectivity index (χ3v) is 4.76. The standard InChI is InChI=1S/C24H18O5/c1-15-21(28-14-16-6-5-9-18(12-16)24(26)27)11-10-19-20(13-22(25)29-23(15)19)17-7-3-2-4-8-17/h2-13H,14H2,1H3,(H,26,27). The molecule has 144 valence electrons. The van der Waals surface area contributed by atoms with E-state index in [1.807, 2.05) is 49.4 Å². The van der Waals surface area contributed by atoms with Crippen LogP contribution in [-0.2, 0) is 6.61 Å². The molecule has 4 rings (SSSR count). The van der Waals surface area contributed by atoms with E-state index in [4.69, 9.17) is 14.3 Å². The highest BCUT2D eigenvalue weighted by atomic mass is 16.5. The molecule has 0 radical (unpaired) electrons. The van der Waals surface area contributed by atoms with Crippen LogP contribution in [0.5, 0.6) is 5.75 Å². The van der Waals surface area contributed by atoms with Crippen molar-refractivity contribution >= 4 is 16.9 Å². The van der Waals surface area contributed by atoms with Gasteiger partial charge in [-0.3, -0.25) is 0 Å². The molecule has 0 amide bonds. The van der Waals surface area contributed by atoms with Crippen LogP contribution in [0.3, 0.4) is 0 Å². The van der Waals surface area contributed by atoms with Crippen LogP contribution in [0.2, 0.25) is 0 Å². The minimum absolute atomic E-state index is 0.204. The van der Waals surface area contributed by atoms with Crippen LogP contribution in [-0.4, -0.2) is 11.1 Å². The van der Waals surface area contributed by atoms with Crippen molar-refractivity contribution in [2.24, 2.45) is 0 Å². The molecule has 1 heterocycles. The molecular weight excluding hydrogens is 368 g/mol. The van der Waals surface area contributed by atoms with E-state index in [0.29, 0.717) is 16.9 Å². The Bertz CT molecular complexity index is 1260. The first kappa shape index (κ1) is 18.5. The van der Waals surface area contributed by atoms with Crippen molar-refractivity contribution in [2.75, 3.05) is 0 Å². The van der Waals surface area contributed by atoms with Crippen molar-refractivity contribution in [3.63, 3.8) is 0 Å². The van der Waals surface area contributed by atoms with Crippen LogP contribution in [0, 0.1) is 6.92 Å². The molecule has 4 aromatic rings. The first-order chi connectivity index (χ1) is 14.0. The van der Waals surface area contributed by atoms with Crippen molar-refractivity contribution in [1.29, 1.82) is 0 Å². The van der Waals surface area contributed by atoms with Gasteiger partial charge in [0.05, 0.1) is 5.56 Å². The molecule has 0 aliphatic carbocycles. The summed E-state index contributed by atoms with van der Waals surface area (Å²) in [4.78, 5) is 23.3. The Labute approximate surface area is 166 Å². The Hall–Kier alpha value is -3.86. The van der Waals surface area contributed by atoms with Crippen LogP contribution in [0.25, 0.3) is 22.1 Å². The van der Waals surface area contributed by atoms with Crippen molar-refractivity contribution in [2.45, 2.75) is 13.5 Å². The van der Waals surface area contributed by atoms with Crippen molar-refractivity contribution < 1.29 is 19.1 Å². The topological polar surface area (TPSA) is 76.7 Å². The lowest BCUT2D eigenvalue weighted by Crippen LogP contribution is -2.03. The summed E-state index contributed by atoms with van der Waals surface area (Å²) in [5, 5.41) is 9.95. The maximum Gasteiger partial charge on any atom is 0.336 e. The number of benzene rings is 3. The molecule has 0 aliphatic heterocycles. The summed E-state index contributed by atoms with van der Waals surface area (Å²) in [6.45, 7) is 2.04. The van der Waals surface area contributed by atoms with E-state index < -0.39 is 11.6 Å². The van der Waals surface area contributed by atoms with Gasteiger partial charge in [0.2, 0.25) is 0 Å². The summed E-state index contributed by atoms with van der Waals surface area (Å²) >= 11 is 0. The van der Waals surface area contributed by atoms with E-state index >= 15 is 0 Å². The van der Waals surface area contributed by atoms with Crippen LogP contribution in [0.15, 0.2) is 82.0 Å². The number of aryl methyl sites for hydroxylation is 1. The van der Waals surface area contributed by atoms with Gasteiger partial charge in [0.1, 0.15) is 17.9 Å². The maximum atomic E-state index is 12.2. The number of aromatic carboxylic acids is 1. The molecule has 5 heteroatoms. The molecule has 1 N–H and O–H groups in total. The molecule has 29 heavy (non-hydrogen) atoms. The molecule has 0 aliphatic rings. The second kappa shape index (κ2) is 7.64. The molecule has 0 unspecified atom stereocenters. The van der Waals surface area contributed by atoms with E-state index in [2.05, 4.69) is 0 Å². The number of hydrogen-bond acceptors (Lipinski definition) is 4. The van der Waals surface area contributed by atoms with Gasteiger partial charge in [-0.25, -0.2) is 9.59 Å². The number of rotatable bonds is 5. The van der Waals surface area contributed by atoms with E-state index in [1.165, 1.54) is 12.1 Å². The molecule has 0 saturated carbocycles. The lowest BCUT2D eigenvalue weighted by atomic mass is 10.0. The number of ether oxygens (including phenoxy) is 1.